The van der Waals surface area contributed by atoms with Gasteiger partial charge in [0.25, 0.3) is 0 Å². The molecule has 1 atom stereocenters. The average molecular weight is 455 g/mol. The van der Waals surface area contributed by atoms with Gasteiger partial charge in [-0.3, -0.25) is 0 Å². The third-order valence-electron chi connectivity index (χ3n) is 5.47. The summed E-state index contributed by atoms with van der Waals surface area (Å²) in [6.07, 6.45) is 7.80. The highest BCUT2D eigenvalue weighted by molar-refractivity contribution is 5.90. The molecule has 0 aromatic heterocycles. The molecule has 3 aromatic rings. The summed E-state index contributed by atoms with van der Waals surface area (Å²) >= 11 is 0. The molecular formula is C30H30O4. The molecule has 0 fully saturated rings. The Kier molecular flexibility index (Phi) is 8.94. The van der Waals surface area contributed by atoms with Crippen LogP contribution < -0.4 is 4.74 Å². The number of benzene rings is 3. The molecule has 4 heteroatoms. The van der Waals surface area contributed by atoms with Crippen LogP contribution in [0, 0.1) is 11.8 Å². The van der Waals surface area contributed by atoms with Crippen molar-refractivity contribution in [3.05, 3.63) is 107 Å². The van der Waals surface area contributed by atoms with E-state index in [2.05, 4.69) is 43.0 Å². The zero-order valence-electron chi connectivity index (χ0n) is 19.6. The molecular weight excluding hydrogens is 424 g/mol. The SMILES string of the molecule is C/C=C/CC(Oc1ccc(C(=O)O)c(O)c1)c1ccc(C#Cc2ccc(CCCC)cc2)cc1. The van der Waals surface area contributed by atoms with Crippen molar-refractivity contribution in [2.24, 2.45) is 0 Å². The zero-order chi connectivity index (χ0) is 24.3. The Morgan fingerprint density at radius 1 is 1.00 bits per heavy atom. The van der Waals surface area contributed by atoms with Crippen molar-refractivity contribution in [1.82, 2.24) is 0 Å². The van der Waals surface area contributed by atoms with E-state index in [1.807, 2.05) is 43.3 Å². The van der Waals surface area contributed by atoms with Crippen molar-refractivity contribution >= 4 is 5.97 Å². The molecule has 3 aromatic carbocycles. The van der Waals surface area contributed by atoms with E-state index in [9.17, 15) is 9.90 Å². The predicted molar refractivity (Wildman–Crippen MR) is 135 cm³/mol. The first-order valence-corrected chi connectivity index (χ1v) is 11.5. The number of allylic oxidation sites excluding steroid dienone is 1. The highest BCUT2D eigenvalue weighted by Crippen LogP contribution is 2.29. The minimum absolute atomic E-state index is 0.157. The second kappa shape index (κ2) is 12.3. The Morgan fingerprint density at radius 3 is 2.21 bits per heavy atom. The Balaban J connectivity index is 1.73. The molecule has 174 valence electrons. The molecule has 2 N–H and O–H groups in total. The minimum atomic E-state index is -1.18. The first-order chi connectivity index (χ1) is 16.5. The third-order valence-corrected chi connectivity index (χ3v) is 5.47. The van der Waals surface area contributed by atoms with Crippen LogP contribution >= 0.6 is 0 Å². The molecule has 0 spiro atoms. The number of carbonyl (C=O) groups is 1. The second-order valence-corrected chi connectivity index (χ2v) is 8.07. The van der Waals surface area contributed by atoms with Crippen molar-refractivity contribution in [2.45, 2.75) is 45.6 Å². The smallest absolute Gasteiger partial charge is 0.339 e. The zero-order valence-corrected chi connectivity index (χ0v) is 19.6. The number of carboxylic acid groups (broad SMARTS) is 1. The molecule has 4 nitrogen and oxygen atoms in total. The summed E-state index contributed by atoms with van der Waals surface area (Å²) in [5.74, 6) is 5.34. The lowest BCUT2D eigenvalue weighted by molar-refractivity contribution is 0.0693. The summed E-state index contributed by atoms with van der Waals surface area (Å²) in [6.45, 7) is 4.14. The highest BCUT2D eigenvalue weighted by atomic mass is 16.5. The first-order valence-electron chi connectivity index (χ1n) is 11.5. The molecule has 34 heavy (non-hydrogen) atoms. The van der Waals surface area contributed by atoms with Crippen LogP contribution in [-0.2, 0) is 6.42 Å². The molecule has 0 heterocycles. The van der Waals surface area contributed by atoms with E-state index in [4.69, 9.17) is 9.84 Å². The number of ether oxygens (including phenoxy) is 1. The number of rotatable bonds is 9. The van der Waals surface area contributed by atoms with Crippen molar-refractivity contribution in [3.63, 3.8) is 0 Å². The number of aromatic carboxylic acids is 1. The second-order valence-electron chi connectivity index (χ2n) is 8.07. The van der Waals surface area contributed by atoms with Crippen LogP contribution in [0.15, 0.2) is 78.9 Å². The summed E-state index contributed by atoms with van der Waals surface area (Å²) in [5.41, 5.74) is 4.05. The van der Waals surface area contributed by atoms with Gasteiger partial charge >= 0.3 is 5.97 Å². The van der Waals surface area contributed by atoms with E-state index in [-0.39, 0.29) is 17.4 Å². The fourth-order valence-corrected chi connectivity index (χ4v) is 3.50. The van der Waals surface area contributed by atoms with Gasteiger partial charge in [0.15, 0.2) is 0 Å². The number of unbranched alkanes of at least 4 members (excludes halogenated alkanes) is 1. The third kappa shape index (κ3) is 7.02. The molecule has 0 amide bonds. The molecule has 0 aliphatic rings. The maximum absolute atomic E-state index is 11.1. The van der Waals surface area contributed by atoms with E-state index >= 15 is 0 Å². The van der Waals surface area contributed by atoms with Crippen molar-refractivity contribution in [1.29, 1.82) is 0 Å². The minimum Gasteiger partial charge on any atom is -0.507 e. The van der Waals surface area contributed by atoms with Gasteiger partial charge in [-0.15, -0.1) is 0 Å². The van der Waals surface area contributed by atoms with Gasteiger partial charge in [-0.1, -0.05) is 61.6 Å². The van der Waals surface area contributed by atoms with Crippen molar-refractivity contribution in [2.75, 3.05) is 0 Å². The Hall–Kier alpha value is -3.97. The first kappa shape index (κ1) is 24.7. The van der Waals surface area contributed by atoms with E-state index < -0.39 is 5.97 Å². The van der Waals surface area contributed by atoms with Crippen LogP contribution in [0.25, 0.3) is 0 Å². The molecule has 3 rings (SSSR count). The number of carboxylic acids is 1. The molecule has 0 radical (unpaired) electrons. The number of phenols is 1. The number of hydrogen-bond acceptors (Lipinski definition) is 3. The van der Waals surface area contributed by atoms with Crippen LogP contribution in [0.4, 0.5) is 0 Å². The van der Waals surface area contributed by atoms with E-state index in [1.165, 1.54) is 30.5 Å². The Morgan fingerprint density at radius 2 is 1.65 bits per heavy atom. The largest absolute Gasteiger partial charge is 0.507 e. The Labute approximate surface area is 201 Å². The fraction of sp³-hybridized carbons (Fsp3) is 0.233. The van der Waals surface area contributed by atoms with Crippen molar-refractivity contribution < 1.29 is 19.7 Å². The molecule has 0 bridgehead atoms. The highest BCUT2D eigenvalue weighted by Gasteiger charge is 2.15. The van der Waals surface area contributed by atoms with E-state index in [0.29, 0.717) is 12.2 Å². The van der Waals surface area contributed by atoms with Crippen LogP contribution in [-0.4, -0.2) is 16.2 Å². The van der Waals surface area contributed by atoms with Crippen LogP contribution in [0.5, 0.6) is 11.5 Å². The maximum atomic E-state index is 11.1. The lowest BCUT2D eigenvalue weighted by Crippen LogP contribution is -2.07. The van der Waals surface area contributed by atoms with Gasteiger partial charge < -0.3 is 14.9 Å². The number of hydrogen-bond donors (Lipinski definition) is 2. The summed E-state index contributed by atoms with van der Waals surface area (Å²) in [4.78, 5) is 11.1. The molecule has 0 aliphatic heterocycles. The normalized spacial score (nSPS) is 11.6. The lowest BCUT2D eigenvalue weighted by Gasteiger charge is -2.19. The monoisotopic (exact) mass is 454 g/mol. The maximum Gasteiger partial charge on any atom is 0.339 e. The van der Waals surface area contributed by atoms with Gasteiger partial charge in [0, 0.05) is 23.6 Å². The molecule has 0 saturated heterocycles. The number of aromatic hydroxyl groups is 1. The quantitative estimate of drug-likeness (QED) is 0.272. The summed E-state index contributed by atoms with van der Waals surface area (Å²) in [7, 11) is 0. The van der Waals surface area contributed by atoms with Crippen LogP contribution in [0.1, 0.15) is 71.8 Å². The lowest BCUT2D eigenvalue weighted by atomic mass is 10.0. The average Bonchev–Trinajstić information content (AvgIpc) is 2.85. The molecule has 0 aliphatic carbocycles. The van der Waals surface area contributed by atoms with Gasteiger partial charge in [0.2, 0.25) is 0 Å². The van der Waals surface area contributed by atoms with Gasteiger partial charge in [-0.25, -0.2) is 4.79 Å². The topological polar surface area (TPSA) is 66.8 Å². The predicted octanol–water partition coefficient (Wildman–Crippen LogP) is 6.92. The summed E-state index contributed by atoms with van der Waals surface area (Å²) in [5, 5.41) is 19.1. The molecule has 0 saturated carbocycles. The van der Waals surface area contributed by atoms with Crippen LogP contribution in [0.2, 0.25) is 0 Å². The summed E-state index contributed by atoms with van der Waals surface area (Å²) in [6, 6.07) is 20.6. The van der Waals surface area contributed by atoms with Crippen molar-refractivity contribution in [3.8, 4) is 23.3 Å². The molecule has 1 unspecified atom stereocenters. The fourth-order valence-electron chi connectivity index (χ4n) is 3.50. The standard InChI is InChI=1S/C30H30O4/c1-3-5-7-22-9-11-23(12-10-22)13-14-24-15-17-25(18-16-24)29(8-6-4-2)34-26-19-20-27(30(32)33)28(31)21-26/h4,6,9-12,15-21,29,31H,3,5,7-8H2,1-2H3,(H,32,33)/b6-4+. The van der Waals surface area contributed by atoms with Crippen LogP contribution in [0.3, 0.4) is 0 Å². The van der Waals surface area contributed by atoms with Gasteiger partial charge in [-0.05, 0) is 67.3 Å². The van der Waals surface area contributed by atoms with Gasteiger partial charge in [0.1, 0.15) is 23.2 Å². The summed E-state index contributed by atoms with van der Waals surface area (Å²) < 4.78 is 6.09. The van der Waals surface area contributed by atoms with E-state index in [0.717, 1.165) is 23.1 Å². The van der Waals surface area contributed by atoms with Gasteiger partial charge in [0.05, 0.1) is 0 Å². The van der Waals surface area contributed by atoms with Gasteiger partial charge in [-0.2, -0.15) is 0 Å². The van der Waals surface area contributed by atoms with E-state index in [1.54, 1.807) is 6.07 Å². The Bertz CT molecular complexity index is 1180. The number of aryl methyl sites for hydroxylation is 1.